The van der Waals surface area contributed by atoms with E-state index < -0.39 is 17.8 Å². The minimum Gasteiger partial charge on any atom is -0.478 e. The molecule has 0 saturated carbocycles. The number of carboxylic acids is 1. The molecule has 0 atom stereocenters. The third kappa shape index (κ3) is 5.00. The molecule has 4 nitrogen and oxygen atoms in total. The molecule has 0 radical (unpaired) electrons. The number of aromatic nitrogens is 1. The quantitative estimate of drug-likeness (QED) is 0.646. The second-order valence-electron chi connectivity index (χ2n) is 4.00. The number of halogens is 3. The van der Waals surface area contributed by atoms with Crippen LogP contribution in [0.15, 0.2) is 18.2 Å². The fourth-order valence-electron chi connectivity index (χ4n) is 1.57. The fourth-order valence-corrected chi connectivity index (χ4v) is 1.57. The maximum atomic E-state index is 12.6. The smallest absolute Gasteiger partial charge is 0.433 e. The Kier molecular flexibility index (Phi) is 5.69. The lowest BCUT2D eigenvalue weighted by Crippen LogP contribution is -2.10. The first-order valence-electron chi connectivity index (χ1n) is 5.81. The molecule has 7 heteroatoms. The molecule has 0 spiro atoms. The fraction of sp³-hybridized carbons (Fsp3) is 0.385. The molecule has 0 unspecified atom stereocenters. The van der Waals surface area contributed by atoms with Gasteiger partial charge >= 0.3 is 12.1 Å². The summed E-state index contributed by atoms with van der Waals surface area (Å²) < 4.78 is 42.6. The maximum absolute atomic E-state index is 12.6. The van der Waals surface area contributed by atoms with Gasteiger partial charge in [-0.3, -0.25) is 0 Å². The number of nitrogens with zero attached hydrogens (tertiary/aromatic N) is 1. The van der Waals surface area contributed by atoms with Crippen molar-refractivity contribution in [1.29, 1.82) is 0 Å². The van der Waals surface area contributed by atoms with Gasteiger partial charge in [-0.25, -0.2) is 9.78 Å². The van der Waals surface area contributed by atoms with Gasteiger partial charge in [0.25, 0.3) is 0 Å². The van der Waals surface area contributed by atoms with Crippen molar-refractivity contribution in [3.63, 3.8) is 0 Å². The standard InChI is InChI=1S/C13H14F3NO3/c1-20-8-2-3-10-9(5-7-12(18)19)4-6-11(17-10)13(14,15)16/h4-7H,2-3,8H2,1H3,(H,18,19). The zero-order valence-corrected chi connectivity index (χ0v) is 10.8. The van der Waals surface area contributed by atoms with Crippen LogP contribution in [0.3, 0.4) is 0 Å². The average molecular weight is 289 g/mol. The Balaban J connectivity index is 3.06. The molecule has 0 bridgehead atoms. The van der Waals surface area contributed by atoms with Crippen LogP contribution in [-0.4, -0.2) is 29.8 Å². The van der Waals surface area contributed by atoms with Gasteiger partial charge in [-0.15, -0.1) is 0 Å². The number of carbonyl (C=O) groups is 1. The predicted octanol–water partition coefficient (Wildman–Crippen LogP) is 2.78. The SMILES string of the molecule is COCCCc1nc(C(F)(F)F)ccc1C=CC(=O)O. The Bertz CT molecular complexity index is 498. The van der Waals surface area contributed by atoms with Crippen molar-refractivity contribution >= 4 is 12.0 Å². The number of methoxy groups -OCH3 is 1. The van der Waals surface area contributed by atoms with E-state index >= 15 is 0 Å². The molecule has 0 saturated heterocycles. The zero-order chi connectivity index (χ0) is 15.2. The third-order valence-corrected chi connectivity index (χ3v) is 2.47. The van der Waals surface area contributed by atoms with Gasteiger partial charge in [0.05, 0.1) is 0 Å². The molecule has 0 aliphatic rings. The van der Waals surface area contributed by atoms with Gasteiger partial charge < -0.3 is 9.84 Å². The first-order valence-corrected chi connectivity index (χ1v) is 5.81. The Morgan fingerprint density at radius 3 is 2.70 bits per heavy atom. The van der Waals surface area contributed by atoms with Gasteiger partial charge in [0.1, 0.15) is 5.69 Å². The van der Waals surface area contributed by atoms with Gasteiger partial charge in [0.2, 0.25) is 0 Å². The van der Waals surface area contributed by atoms with E-state index in [0.29, 0.717) is 18.6 Å². The summed E-state index contributed by atoms with van der Waals surface area (Å²) in [7, 11) is 1.49. The molecule has 1 heterocycles. The van der Waals surface area contributed by atoms with Crippen molar-refractivity contribution in [2.24, 2.45) is 0 Å². The Labute approximate surface area is 113 Å². The normalized spacial score (nSPS) is 12.0. The number of rotatable bonds is 6. The van der Waals surface area contributed by atoms with Crippen LogP contribution in [0.4, 0.5) is 13.2 Å². The number of pyridine rings is 1. The number of hydrogen-bond donors (Lipinski definition) is 1. The van der Waals surface area contributed by atoms with Crippen LogP contribution in [0.1, 0.15) is 23.4 Å². The lowest BCUT2D eigenvalue weighted by molar-refractivity contribution is -0.141. The van der Waals surface area contributed by atoms with E-state index in [2.05, 4.69) is 4.98 Å². The highest BCUT2D eigenvalue weighted by Crippen LogP contribution is 2.28. The minimum atomic E-state index is -4.52. The van der Waals surface area contributed by atoms with Gasteiger partial charge in [0, 0.05) is 25.5 Å². The van der Waals surface area contributed by atoms with Crippen LogP contribution < -0.4 is 0 Å². The van der Waals surface area contributed by atoms with Crippen LogP contribution in [-0.2, 0) is 22.1 Å². The van der Waals surface area contributed by atoms with Crippen molar-refractivity contribution < 1.29 is 27.8 Å². The molecule has 1 rings (SSSR count). The predicted molar refractivity (Wildman–Crippen MR) is 66.1 cm³/mol. The Hall–Kier alpha value is -1.89. The Morgan fingerprint density at radius 1 is 1.45 bits per heavy atom. The molecule has 1 aromatic rings. The number of aliphatic carboxylic acids is 1. The molecule has 0 aromatic carbocycles. The van der Waals surface area contributed by atoms with Gasteiger partial charge in [0.15, 0.2) is 0 Å². The average Bonchev–Trinajstić information content (AvgIpc) is 2.36. The summed E-state index contributed by atoms with van der Waals surface area (Å²) in [5.41, 5.74) is -0.428. The molecule has 1 aromatic heterocycles. The summed E-state index contributed by atoms with van der Waals surface area (Å²) in [6.45, 7) is 0.389. The third-order valence-electron chi connectivity index (χ3n) is 2.47. The summed E-state index contributed by atoms with van der Waals surface area (Å²) >= 11 is 0. The van der Waals surface area contributed by atoms with Crippen LogP contribution in [0.25, 0.3) is 6.08 Å². The molecule has 20 heavy (non-hydrogen) atoms. The van der Waals surface area contributed by atoms with Crippen molar-refractivity contribution in [2.75, 3.05) is 13.7 Å². The van der Waals surface area contributed by atoms with E-state index in [1.54, 1.807) is 0 Å². The van der Waals surface area contributed by atoms with Crippen molar-refractivity contribution in [3.05, 3.63) is 35.2 Å². The molecular formula is C13H14F3NO3. The highest BCUT2D eigenvalue weighted by atomic mass is 19.4. The van der Waals surface area contributed by atoms with E-state index in [4.69, 9.17) is 9.84 Å². The maximum Gasteiger partial charge on any atom is 0.433 e. The summed E-state index contributed by atoms with van der Waals surface area (Å²) in [6.07, 6.45) is -1.65. The van der Waals surface area contributed by atoms with Crippen molar-refractivity contribution in [2.45, 2.75) is 19.0 Å². The first kappa shape index (κ1) is 16.2. The number of hydrogen-bond acceptors (Lipinski definition) is 3. The van der Waals surface area contributed by atoms with Gasteiger partial charge in [-0.05, 0) is 30.5 Å². The van der Waals surface area contributed by atoms with E-state index in [0.717, 1.165) is 12.1 Å². The summed E-state index contributed by atoms with van der Waals surface area (Å²) in [5.74, 6) is -1.17. The lowest BCUT2D eigenvalue weighted by Gasteiger charge is -2.10. The van der Waals surface area contributed by atoms with E-state index in [-0.39, 0.29) is 12.1 Å². The van der Waals surface area contributed by atoms with Crippen molar-refractivity contribution in [3.8, 4) is 0 Å². The number of aryl methyl sites for hydroxylation is 1. The summed E-state index contributed by atoms with van der Waals surface area (Å²) in [6, 6.07) is 2.05. The molecule has 1 N–H and O–H groups in total. The van der Waals surface area contributed by atoms with Crippen LogP contribution in [0.2, 0.25) is 0 Å². The number of alkyl halides is 3. The molecule has 0 aliphatic carbocycles. The largest absolute Gasteiger partial charge is 0.478 e. The van der Waals surface area contributed by atoms with E-state index in [9.17, 15) is 18.0 Å². The molecule has 0 aliphatic heterocycles. The van der Waals surface area contributed by atoms with Crippen LogP contribution in [0, 0.1) is 0 Å². The molecule has 0 amide bonds. The highest BCUT2D eigenvalue weighted by Gasteiger charge is 2.32. The summed E-state index contributed by atoms with van der Waals surface area (Å²) in [5, 5.41) is 8.56. The molecular weight excluding hydrogens is 275 g/mol. The molecule has 0 fully saturated rings. The topological polar surface area (TPSA) is 59.4 Å². The first-order chi connectivity index (χ1) is 9.34. The van der Waals surface area contributed by atoms with Gasteiger partial charge in [-0.2, -0.15) is 13.2 Å². The van der Waals surface area contributed by atoms with E-state index in [1.165, 1.54) is 19.3 Å². The monoisotopic (exact) mass is 289 g/mol. The number of carboxylic acid groups (broad SMARTS) is 1. The lowest BCUT2D eigenvalue weighted by atomic mass is 10.1. The van der Waals surface area contributed by atoms with Crippen molar-refractivity contribution in [1.82, 2.24) is 4.98 Å². The second kappa shape index (κ2) is 7.04. The Morgan fingerprint density at radius 2 is 2.15 bits per heavy atom. The second-order valence-corrected chi connectivity index (χ2v) is 4.00. The summed E-state index contributed by atoms with van der Waals surface area (Å²) in [4.78, 5) is 14.0. The number of ether oxygens (including phenoxy) is 1. The minimum absolute atomic E-state index is 0.203. The zero-order valence-electron chi connectivity index (χ0n) is 10.8. The van der Waals surface area contributed by atoms with Crippen LogP contribution in [0.5, 0.6) is 0 Å². The van der Waals surface area contributed by atoms with E-state index in [1.807, 2.05) is 0 Å². The van der Waals surface area contributed by atoms with Gasteiger partial charge in [-0.1, -0.05) is 6.07 Å². The highest BCUT2D eigenvalue weighted by molar-refractivity contribution is 5.85. The van der Waals surface area contributed by atoms with Crippen LogP contribution >= 0.6 is 0 Å². The molecule has 110 valence electrons.